The molecule has 1 aromatic rings. The summed E-state index contributed by atoms with van der Waals surface area (Å²) >= 11 is 6.86. The fourth-order valence-corrected chi connectivity index (χ4v) is 1.63. The Labute approximate surface area is 91.0 Å². The van der Waals surface area contributed by atoms with Crippen molar-refractivity contribution in [3.05, 3.63) is 26.8 Å². The van der Waals surface area contributed by atoms with Gasteiger partial charge in [0, 0.05) is 3.57 Å². The van der Waals surface area contributed by atoms with Crippen molar-refractivity contribution < 1.29 is 0 Å². The molecular weight excluding hydrogens is 281 g/mol. The lowest BCUT2D eigenvalue weighted by Gasteiger charge is -2.04. The van der Waals surface area contributed by atoms with Crippen LogP contribution in [0.2, 0.25) is 0 Å². The molecule has 0 fully saturated rings. The summed E-state index contributed by atoms with van der Waals surface area (Å²) in [6.45, 7) is 4.13. The molecular formula is C9H8INS. The van der Waals surface area contributed by atoms with Crippen molar-refractivity contribution in [1.82, 2.24) is 0 Å². The Morgan fingerprint density at radius 2 is 2.00 bits per heavy atom. The fourth-order valence-electron chi connectivity index (χ4n) is 0.944. The number of hydrogen-bond acceptors (Lipinski definition) is 2. The van der Waals surface area contributed by atoms with Crippen molar-refractivity contribution in [1.29, 1.82) is 0 Å². The summed E-state index contributed by atoms with van der Waals surface area (Å²) in [5.41, 5.74) is 3.37. The van der Waals surface area contributed by atoms with E-state index in [2.05, 4.69) is 51.9 Å². The summed E-state index contributed by atoms with van der Waals surface area (Å²) in [5.74, 6) is 0. The molecule has 0 aliphatic rings. The Bertz CT molecular complexity index is 354. The molecule has 0 saturated carbocycles. The monoisotopic (exact) mass is 289 g/mol. The molecule has 0 bridgehead atoms. The van der Waals surface area contributed by atoms with Crippen molar-refractivity contribution in [2.75, 3.05) is 0 Å². The van der Waals surface area contributed by atoms with Gasteiger partial charge in [0.2, 0.25) is 0 Å². The third-order valence-corrected chi connectivity index (χ3v) is 3.12. The maximum Gasteiger partial charge on any atom is 0.0772 e. The second-order valence-electron chi connectivity index (χ2n) is 2.52. The van der Waals surface area contributed by atoms with Crippen LogP contribution in [0.4, 0.5) is 5.69 Å². The molecule has 0 aliphatic heterocycles. The van der Waals surface area contributed by atoms with Crippen LogP contribution in [0.25, 0.3) is 0 Å². The van der Waals surface area contributed by atoms with E-state index >= 15 is 0 Å². The minimum atomic E-state index is 0.919. The Kier molecular flexibility index (Phi) is 3.38. The molecule has 1 nitrogen and oxygen atoms in total. The molecule has 0 amide bonds. The molecule has 3 heteroatoms. The fraction of sp³-hybridized carbons (Fsp3) is 0.222. The van der Waals surface area contributed by atoms with Crippen molar-refractivity contribution >= 4 is 45.7 Å². The molecule has 1 aromatic carbocycles. The highest BCUT2D eigenvalue weighted by atomic mass is 127. The number of halogens is 1. The van der Waals surface area contributed by atoms with Crippen LogP contribution in [0, 0.1) is 17.4 Å². The van der Waals surface area contributed by atoms with Crippen LogP contribution < -0.4 is 0 Å². The first-order chi connectivity index (χ1) is 5.66. The standard InChI is InChI=1S/C9H8INS/c1-6-7(2)9(11-5-12)4-3-8(6)10/h3-4H,1-2H3. The van der Waals surface area contributed by atoms with Crippen molar-refractivity contribution in [2.24, 2.45) is 4.99 Å². The minimum Gasteiger partial charge on any atom is -0.194 e. The zero-order chi connectivity index (χ0) is 9.14. The second kappa shape index (κ2) is 4.12. The van der Waals surface area contributed by atoms with Gasteiger partial charge in [-0.3, -0.25) is 0 Å². The third-order valence-electron chi connectivity index (χ3n) is 1.86. The van der Waals surface area contributed by atoms with E-state index in [0.29, 0.717) is 0 Å². The van der Waals surface area contributed by atoms with E-state index in [-0.39, 0.29) is 0 Å². The summed E-state index contributed by atoms with van der Waals surface area (Å²) in [6.07, 6.45) is 0. The molecule has 62 valence electrons. The second-order valence-corrected chi connectivity index (χ2v) is 3.86. The highest BCUT2D eigenvalue weighted by Gasteiger charge is 2.02. The van der Waals surface area contributed by atoms with E-state index in [9.17, 15) is 0 Å². The maximum absolute atomic E-state index is 4.55. The van der Waals surface area contributed by atoms with Gasteiger partial charge in [0.1, 0.15) is 0 Å². The Morgan fingerprint density at radius 1 is 1.33 bits per heavy atom. The number of isothiocyanates is 1. The van der Waals surface area contributed by atoms with Gasteiger partial charge in [-0.05, 0) is 71.9 Å². The lowest BCUT2D eigenvalue weighted by atomic mass is 10.1. The van der Waals surface area contributed by atoms with Gasteiger partial charge in [-0.15, -0.1) is 0 Å². The largest absolute Gasteiger partial charge is 0.194 e. The first-order valence-corrected chi connectivity index (χ1v) is 4.99. The van der Waals surface area contributed by atoms with Crippen LogP contribution in [0.1, 0.15) is 11.1 Å². The molecule has 0 aliphatic carbocycles. The molecule has 0 aromatic heterocycles. The summed E-state index contributed by atoms with van der Waals surface area (Å²) in [6, 6.07) is 4.00. The minimum absolute atomic E-state index is 0.919. The number of nitrogens with zero attached hydrogens (tertiary/aromatic N) is 1. The van der Waals surface area contributed by atoms with Crippen molar-refractivity contribution in [2.45, 2.75) is 13.8 Å². The van der Waals surface area contributed by atoms with Crippen LogP contribution in [0.3, 0.4) is 0 Å². The maximum atomic E-state index is 4.55. The van der Waals surface area contributed by atoms with Gasteiger partial charge in [-0.2, -0.15) is 4.99 Å². The normalized spacial score (nSPS) is 9.25. The molecule has 0 heterocycles. The van der Waals surface area contributed by atoms with Crippen LogP contribution in [0.15, 0.2) is 17.1 Å². The van der Waals surface area contributed by atoms with Gasteiger partial charge in [0.15, 0.2) is 0 Å². The average Bonchev–Trinajstić information content (AvgIpc) is 2.07. The number of aliphatic imine (C=N–C) groups is 1. The molecule has 12 heavy (non-hydrogen) atoms. The lowest BCUT2D eigenvalue weighted by molar-refractivity contribution is 1.29. The van der Waals surface area contributed by atoms with Gasteiger partial charge < -0.3 is 0 Å². The van der Waals surface area contributed by atoms with Gasteiger partial charge in [-0.25, -0.2) is 0 Å². The van der Waals surface area contributed by atoms with Crippen LogP contribution in [-0.4, -0.2) is 5.16 Å². The summed E-state index contributed by atoms with van der Waals surface area (Å²) in [4.78, 5) is 3.97. The quantitative estimate of drug-likeness (QED) is 0.437. The van der Waals surface area contributed by atoms with Gasteiger partial charge in [0.05, 0.1) is 10.8 Å². The molecule has 0 atom stereocenters. The van der Waals surface area contributed by atoms with Crippen molar-refractivity contribution in [3.63, 3.8) is 0 Å². The lowest BCUT2D eigenvalue weighted by Crippen LogP contribution is -1.85. The van der Waals surface area contributed by atoms with E-state index in [4.69, 9.17) is 0 Å². The Morgan fingerprint density at radius 3 is 2.58 bits per heavy atom. The SMILES string of the molecule is Cc1c(I)ccc(N=C=S)c1C. The Hall–Kier alpha value is -0.250. The van der Waals surface area contributed by atoms with E-state index < -0.39 is 0 Å². The predicted octanol–water partition coefficient (Wildman–Crippen LogP) is 3.64. The molecule has 0 saturated heterocycles. The number of hydrogen-bond donors (Lipinski definition) is 0. The first-order valence-electron chi connectivity index (χ1n) is 3.50. The van der Waals surface area contributed by atoms with Crippen LogP contribution in [0.5, 0.6) is 0 Å². The van der Waals surface area contributed by atoms with E-state index in [1.807, 2.05) is 19.1 Å². The highest BCUT2D eigenvalue weighted by Crippen LogP contribution is 2.24. The number of thiocarbonyl (C=S) groups is 1. The Balaban J connectivity index is 3.35. The number of rotatable bonds is 1. The zero-order valence-corrected chi connectivity index (χ0v) is 9.86. The van der Waals surface area contributed by atoms with Gasteiger partial charge in [-0.1, -0.05) is 0 Å². The molecule has 0 radical (unpaired) electrons. The van der Waals surface area contributed by atoms with E-state index in [1.165, 1.54) is 14.7 Å². The highest BCUT2D eigenvalue weighted by molar-refractivity contribution is 14.1. The third kappa shape index (κ3) is 1.91. The summed E-state index contributed by atoms with van der Waals surface area (Å²) in [7, 11) is 0. The zero-order valence-electron chi connectivity index (χ0n) is 6.89. The smallest absolute Gasteiger partial charge is 0.0772 e. The van der Waals surface area contributed by atoms with Crippen LogP contribution in [-0.2, 0) is 0 Å². The van der Waals surface area contributed by atoms with Crippen molar-refractivity contribution in [3.8, 4) is 0 Å². The molecule has 0 unspecified atom stereocenters. The molecule has 1 rings (SSSR count). The molecule has 0 spiro atoms. The summed E-state index contributed by atoms with van der Waals surface area (Å²) in [5, 5.41) is 2.38. The van der Waals surface area contributed by atoms with E-state index in [1.54, 1.807) is 0 Å². The summed E-state index contributed by atoms with van der Waals surface area (Å²) < 4.78 is 1.26. The molecule has 0 N–H and O–H groups in total. The van der Waals surface area contributed by atoms with Gasteiger partial charge in [0.25, 0.3) is 0 Å². The number of benzene rings is 1. The van der Waals surface area contributed by atoms with Crippen LogP contribution >= 0.6 is 34.8 Å². The average molecular weight is 289 g/mol. The van der Waals surface area contributed by atoms with Gasteiger partial charge >= 0.3 is 0 Å². The first kappa shape index (κ1) is 9.84. The topological polar surface area (TPSA) is 12.4 Å². The predicted molar refractivity (Wildman–Crippen MR) is 63.3 cm³/mol. The van der Waals surface area contributed by atoms with E-state index in [0.717, 1.165) is 5.69 Å².